The molecule has 1 aliphatic rings. The number of carbonyl (C=O) groups excluding carboxylic acids is 1. The largest absolute Gasteiger partial charge is 0.479 e. The fourth-order valence-corrected chi connectivity index (χ4v) is 5.45. The summed E-state index contributed by atoms with van der Waals surface area (Å²) in [6, 6.07) is 5.38. The lowest BCUT2D eigenvalue weighted by atomic mass is 10.1. The maximum absolute atomic E-state index is 12.6. The highest BCUT2D eigenvalue weighted by molar-refractivity contribution is 7.93. The zero-order valence-electron chi connectivity index (χ0n) is 16.1. The van der Waals surface area contributed by atoms with E-state index in [1.54, 1.807) is 43.3 Å². The third kappa shape index (κ3) is 3.36. The zero-order valence-corrected chi connectivity index (χ0v) is 17.7. The summed E-state index contributed by atoms with van der Waals surface area (Å²) in [7, 11) is -2.18. The molecular formula is C18H18N4O5S2. The number of nitrogens with one attached hydrogen (secondary N) is 1. The molecule has 29 heavy (non-hydrogen) atoms. The van der Waals surface area contributed by atoms with Crippen LogP contribution in [0.1, 0.15) is 18.4 Å². The van der Waals surface area contributed by atoms with Gasteiger partial charge in [-0.2, -0.15) is 0 Å². The van der Waals surface area contributed by atoms with E-state index in [-0.39, 0.29) is 27.4 Å². The summed E-state index contributed by atoms with van der Waals surface area (Å²) >= 11 is 1.16. The number of likely N-dealkylation sites (N-methyl/N-ethyl adjacent to an activating group) is 1. The van der Waals surface area contributed by atoms with E-state index in [0.717, 1.165) is 16.9 Å². The number of hydrogen-bond donors (Lipinski definition) is 1. The Bertz CT molecular complexity index is 1200. The molecule has 0 aliphatic carbocycles. The lowest BCUT2D eigenvalue weighted by Gasteiger charge is -2.30. The topological polar surface area (TPSA) is 115 Å². The van der Waals surface area contributed by atoms with E-state index in [9.17, 15) is 13.2 Å². The van der Waals surface area contributed by atoms with E-state index in [2.05, 4.69) is 14.9 Å². The molecule has 9 nitrogen and oxygen atoms in total. The second kappa shape index (κ2) is 6.85. The standard InChI is InChI=1S/C18H18N4O5S2/c1-9-16(10(2)27-20-9)29(24,25)21-18-19-13(8-28-18)12-5-6-15-14(7-12)22(4)17(23)11(3)26-15/h5-8,11H,1-4H3,(H,19,21). The fraction of sp³-hybridized carbons (Fsp3) is 0.278. The van der Waals surface area contributed by atoms with Gasteiger partial charge in [0.1, 0.15) is 11.4 Å². The number of carbonyl (C=O) groups is 1. The molecule has 1 N–H and O–H groups in total. The summed E-state index contributed by atoms with van der Waals surface area (Å²) < 4.78 is 38.3. The van der Waals surface area contributed by atoms with Crippen molar-refractivity contribution in [2.24, 2.45) is 0 Å². The molecule has 0 bridgehead atoms. The van der Waals surface area contributed by atoms with Crippen LogP contribution in [0.2, 0.25) is 0 Å². The van der Waals surface area contributed by atoms with E-state index < -0.39 is 16.1 Å². The van der Waals surface area contributed by atoms with Gasteiger partial charge < -0.3 is 14.2 Å². The quantitative estimate of drug-likeness (QED) is 0.671. The number of benzene rings is 1. The third-order valence-corrected chi connectivity index (χ3v) is 7.03. The number of fused-ring (bicyclic) bond motifs is 1. The molecule has 1 aromatic carbocycles. The summed E-state index contributed by atoms with van der Waals surface area (Å²) in [4.78, 5) is 18.1. The Balaban J connectivity index is 1.63. The molecular weight excluding hydrogens is 416 g/mol. The lowest BCUT2D eigenvalue weighted by molar-refractivity contribution is -0.125. The van der Waals surface area contributed by atoms with Crippen LogP contribution < -0.4 is 14.4 Å². The van der Waals surface area contributed by atoms with Gasteiger partial charge in [0.05, 0.1) is 11.4 Å². The summed E-state index contributed by atoms with van der Waals surface area (Å²) in [6.07, 6.45) is -0.539. The van der Waals surface area contributed by atoms with Crippen LogP contribution in [0.25, 0.3) is 11.3 Å². The first-order valence-corrected chi connectivity index (χ1v) is 11.0. The molecule has 1 aliphatic heterocycles. The van der Waals surface area contributed by atoms with Crippen LogP contribution in [0, 0.1) is 13.8 Å². The number of sulfonamides is 1. The van der Waals surface area contributed by atoms with Gasteiger partial charge in [0.2, 0.25) is 0 Å². The Morgan fingerprint density at radius 1 is 1.28 bits per heavy atom. The second-order valence-corrected chi connectivity index (χ2v) is 9.11. The number of anilines is 2. The predicted molar refractivity (Wildman–Crippen MR) is 108 cm³/mol. The van der Waals surface area contributed by atoms with Gasteiger partial charge >= 0.3 is 0 Å². The SMILES string of the molecule is Cc1noc(C)c1S(=O)(=O)Nc1nc(-c2ccc3c(c2)N(C)C(=O)C(C)O3)cs1. The minimum absolute atomic E-state index is 0.00874. The van der Waals surface area contributed by atoms with Crippen LogP contribution in [0.5, 0.6) is 5.75 Å². The van der Waals surface area contributed by atoms with Crippen molar-refractivity contribution in [2.75, 3.05) is 16.7 Å². The van der Waals surface area contributed by atoms with Crippen molar-refractivity contribution in [3.05, 3.63) is 35.0 Å². The fourth-order valence-electron chi connectivity index (χ4n) is 3.15. The monoisotopic (exact) mass is 434 g/mol. The van der Waals surface area contributed by atoms with Crippen molar-refractivity contribution in [1.82, 2.24) is 10.1 Å². The van der Waals surface area contributed by atoms with Crippen molar-refractivity contribution in [2.45, 2.75) is 31.8 Å². The van der Waals surface area contributed by atoms with Gasteiger partial charge in [-0.3, -0.25) is 9.52 Å². The first kappa shape index (κ1) is 19.4. The Morgan fingerprint density at radius 3 is 2.72 bits per heavy atom. The molecule has 1 atom stereocenters. The number of aromatic nitrogens is 2. The van der Waals surface area contributed by atoms with Crippen LogP contribution in [0.15, 0.2) is 33.0 Å². The summed E-state index contributed by atoms with van der Waals surface area (Å²) in [5.41, 5.74) is 2.23. The van der Waals surface area contributed by atoms with E-state index in [4.69, 9.17) is 9.26 Å². The van der Waals surface area contributed by atoms with Crippen LogP contribution in [0.3, 0.4) is 0 Å². The van der Waals surface area contributed by atoms with Crippen LogP contribution >= 0.6 is 11.3 Å². The molecule has 1 unspecified atom stereocenters. The Labute approximate surface area is 171 Å². The highest BCUT2D eigenvalue weighted by atomic mass is 32.2. The summed E-state index contributed by atoms with van der Waals surface area (Å²) in [6.45, 7) is 4.80. The number of ether oxygens (including phenoxy) is 1. The Kier molecular flexibility index (Phi) is 4.58. The normalized spacial score (nSPS) is 16.5. The van der Waals surface area contributed by atoms with Gasteiger partial charge in [0, 0.05) is 18.0 Å². The van der Waals surface area contributed by atoms with E-state index >= 15 is 0 Å². The van der Waals surface area contributed by atoms with Crippen molar-refractivity contribution in [3.8, 4) is 17.0 Å². The minimum atomic E-state index is -3.87. The van der Waals surface area contributed by atoms with Crippen molar-refractivity contribution < 1.29 is 22.5 Å². The van der Waals surface area contributed by atoms with E-state index in [1.807, 2.05) is 6.07 Å². The smallest absolute Gasteiger partial charge is 0.269 e. The van der Waals surface area contributed by atoms with Crippen LogP contribution in [-0.2, 0) is 14.8 Å². The molecule has 0 fully saturated rings. The zero-order chi connectivity index (χ0) is 20.9. The van der Waals surface area contributed by atoms with Gasteiger partial charge in [-0.1, -0.05) is 5.16 Å². The number of rotatable bonds is 4. The predicted octanol–water partition coefficient (Wildman–Crippen LogP) is 2.96. The number of thiazole rings is 1. The van der Waals surface area contributed by atoms with E-state index in [1.165, 1.54) is 6.92 Å². The first-order chi connectivity index (χ1) is 13.7. The van der Waals surface area contributed by atoms with Gasteiger partial charge in [-0.05, 0) is 39.0 Å². The Morgan fingerprint density at radius 2 is 2.03 bits per heavy atom. The Hall–Kier alpha value is -2.92. The average Bonchev–Trinajstić information content (AvgIpc) is 3.25. The highest BCUT2D eigenvalue weighted by Crippen LogP contribution is 2.37. The molecule has 152 valence electrons. The van der Waals surface area contributed by atoms with Crippen molar-refractivity contribution in [3.63, 3.8) is 0 Å². The molecule has 1 amide bonds. The summed E-state index contributed by atoms with van der Waals surface area (Å²) in [5, 5.41) is 5.63. The number of nitrogens with zero attached hydrogens (tertiary/aromatic N) is 3. The van der Waals surface area contributed by atoms with Crippen LogP contribution in [-0.4, -0.2) is 37.6 Å². The van der Waals surface area contributed by atoms with Crippen molar-refractivity contribution in [1.29, 1.82) is 0 Å². The maximum Gasteiger partial charge on any atom is 0.269 e. The minimum Gasteiger partial charge on any atom is -0.479 e. The third-order valence-electron chi connectivity index (χ3n) is 4.56. The summed E-state index contributed by atoms with van der Waals surface area (Å²) in [5.74, 6) is 0.683. The van der Waals surface area contributed by atoms with Crippen LogP contribution in [0.4, 0.5) is 10.8 Å². The first-order valence-electron chi connectivity index (χ1n) is 8.67. The molecule has 2 aromatic heterocycles. The number of amides is 1. The molecule has 3 aromatic rings. The lowest BCUT2D eigenvalue weighted by Crippen LogP contribution is -2.41. The maximum atomic E-state index is 12.6. The molecule has 3 heterocycles. The van der Waals surface area contributed by atoms with Gasteiger partial charge in [0.25, 0.3) is 15.9 Å². The van der Waals surface area contributed by atoms with Gasteiger partial charge in [0.15, 0.2) is 21.9 Å². The van der Waals surface area contributed by atoms with Crippen molar-refractivity contribution >= 4 is 38.1 Å². The molecule has 11 heteroatoms. The molecule has 0 radical (unpaired) electrons. The molecule has 0 saturated heterocycles. The number of hydrogen-bond acceptors (Lipinski definition) is 8. The van der Waals surface area contributed by atoms with Gasteiger partial charge in [-0.15, -0.1) is 11.3 Å². The molecule has 0 saturated carbocycles. The van der Waals surface area contributed by atoms with E-state index in [0.29, 0.717) is 17.1 Å². The second-order valence-electron chi connectivity index (χ2n) is 6.64. The molecule has 4 rings (SSSR count). The molecule has 0 spiro atoms. The van der Waals surface area contributed by atoms with Gasteiger partial charge in [-0.25, -0.2) is 13.4 Å². The highest BCUT2D eigenvalue weighted by Gasteiger charge is 2.29. The average molecular weight is 434 g/mol. The number of aryl methyl sites for hydroxylation is 2.